The molecule has 0 radical (unpaired) electrons. The van der Waals surface area contributed by atoms with Crippen LogP contribution in [-0.2, 0) is 17.7 Å². The van der Waals surface area contributed by atoms with E-state index in [1.165, 1.54) is 5.52 Å². The van der Waals surface area contributed by atoms with Crippen molar-refractivity contribution in [1.29, 1.82) is 0 Å². The second-order valence-corrected chi connectivity index (χ2v) is 5.70. The van der Waals surface area contributed by atoms with Crippen LogP contribution in [-0.4, -0.2) is 28.3 Å². The Morgan fingerprint density at radius 1 is 1.48 bits per heavy atom. The van der Waals surface area contributed by atoms with Crippen molar-refractivity contribution in [2.75, 3.05) is 6.61 Å². The maximum Gasteiger partial charge on any atom is 0.111 e. The molecule has 2 heterocycles. The second kappa shape index (κ2) is 6.56. The summed E-state index contributed by atoms with van der Waals surface area (Å²) in [6, 6.07) is 8.49. The van der Waals surface area contributed by atoms with Gasteiger partial charge in [-0.15, -0.1) is 0 Å². The molecule has 0 spiro atoms. The number of nitrogens with zero attached hydrogens (tertiary/aromatic N) is 2. The normalized spacial score (nSPS) is 20.2. The number of hydrogen-bond donors (Lipinski definition) is 2. The highest BCUT2D eigenvalue weighted by atomic mass is 16.5. The molecule has 0 bridgehead atoms. The SMILES string of the molecule is CCn1c(CC(CC2CCCO2)NN)nc2ccccc21. The highest BCUT2D eigenvalue weighted by Crippen LogP contribution is 2.21. The van der Waals surface area contributed by atoms with Gasteiger partial charge in [-0.05, 0) is 38.3 Å². The van der Waals surface area contributed by atoms with E-state index in [0.29, 0.717) is 6.10 Å². The van der Waals surface area contributed by atoms with Crippen LogP contribution in [0.5, 0.6) is 0 Å². The molecule has 3 N–H and O–H groups in total. The molecule has 21 heavy (non-hydrogen) atoms. The Balaban J connectivity index is 1.78. The van der Waals surface area contributed by atoms with Crippen molar-refractivity contribution in [2.24, 2.45) is 5.84 Å². The third-order valence-corrected chi connectivity index (χ3v) is 4.29. The van der Waals surface area contributed by atoms with E-state index in [0.717, 1.165) is 50.2 Å². The topological polar surface area (TPSA) is 65.1 Å². The van der Waals surface area contributed by atoms with Crippen LogP contribution in [0, 0.1) is 0 Å². The molecule has 2 aromatic rings. The lowest BCUT2D eigenvalue weighted by Gasteiger charge is -2.19. The van der Waals surface area contributed by atoms with Gasteiger partial charge in [-0.1, -0.05) is 12.1 Å². The van der Waals surface area contributed by atoms with Crippen molar-refractivity contribution in [3.8, 4) is 0 Å². The number of aryl methyl sites for hydroxylation is 1. The maximum absolute atomic E-state index is 5.74. The zero-order chi connectivity index (χ0) is 14.7. The van der Waals surface area contributed by atoms with Crippen molar-refractivity contribution in [2.45, 2.75) is 51.3 Å². The average Bonchev–Trinajstić information content (AvgIpc) is 3.13. The lowest BCUT2D eigenvalue weighted by Crippen LogP contribution is -2.39. The molecule has 1 aromatic heterocycles. The van der Waals surface area contributed by atoms with Crippen LogP contribution < -0.4 is 11.3 Å². The molecule has 0 saturated carbocycles. The zero-order valence-corrected chi connectivity index (χ0v) is 12.6. The largest absolute Gasteiger partial charge is 0.378 e. The lowest BCUT2D eigenvalue weighted by atomic mass is 10.0. The second-order valence-electron chi connectivity index (χ2n) is 5.70. The van der Waals surface area contributed by atoms with E-state index in [4.69, 9.17) is 15.6 Å². The molecule has 2 unspecified atom stereocenters. The van der Waals surface area contributed by atoms with Gasteiger partial charge in [0, 0.05) is 25.6 Å². The van der Waals surface area contributed by atoms with E-state index >= 15 is 0 Å². The first-order chi connectivity index (χ1) is 10.3. The minimum absolute atomic E-state index is 0.204. The summed E-state index contributed by atoms with van der Waals surface area (Å²) in [4.78, 5) is 4.77. The fourth-order valence-corrected chi connectivity index (χ4v) is 3.21. The Morgan fingerprint density at radius 2 is 2.33 bits per heavy atom. The number of nitrogens with two attached hydrogens (primary N) is 1. The molecule has 1 aliphatic rings. The van der Waals surface area contributed by atoms with E-state index in [-0.39, 0.29) is 6.04 Å². The highest BCUT2D eigenvalue weighted by Gasteiger charge is 2.22. The first kappa shape index (κ1) is 14.5. The molecule has 0 amide bonds. The van der Waals surface area contributed by atoms with Gasteiger partial charge in [-0.2, -0.15) is 0 Å². The van der Waals surface area contributed by atoms with Gasteiger partial charge in [0.05, 0.1) is 17.1 Å². The number of hydrogen-bond acceptors (Lipinski definition) is 4. The van der Waals surface area contributed by atoms with Crippen molar-refractivity contribution in [3.63, 3.8) is 0 Å². The van der Waals surface area contributed by atoms with Crippen LogP contribution in [0.1, 0.15) is 32.0 Å². The number of ether oxygens (including phenoxy) is 1. The van der Waals surface area contributed by atoms with Gasteiger partial charge in [0.15, 0.2) is 0 Å². The quantitative estimate of drug-likeness (QED) is 0.630. The Kier molecular flexibility index (Phi) is 4.53. The van der Waals surface area contributed by atoms with E-state index in [1.54, 1.807) is 0 Å². The number of nitrogens with one attached hydrogen (secondary N) is 1. The Hall–Kier alpha value is -1.43. The number of hydrazine groups is 1. The molecule has 5 heteroatoms. The Bertz CT molecular complexity index is 589. The van der Waals surface area contributed by atoms with Crippen molar-refractivity contribution < 1.29 is 4.74 Å². The van der Waals surface area contributed by atoms with Gasteiger partial charge in [0.1, 0.15) is 5.82 Å². The Morgan fingerprint density at radius 3 is 3.05 bits per heavy atom. The molecule has 0 aliphatic carbocycles. The van der Waals surface area contributed by atoms with Gasteiger partial charge in [-0.3, -0.25) is 11.3 Å². The molecule has 1 fully saturated rings. The smallest absolute Gasteiger partial charge is 0.111 e. The van der Waals surface area contributed by atoms with Crippen LogP contribution >= 0.6 is 0 Å². The highest BCUT2D eigenvalue weighted by molar-refractivity contribution is 5.75. The monoisotopic (exact) mass is 288 g/mol. The zero-order valence-electron chi connectivity index (χ0n) is 12.6. The molecule has 1 aliphatic heterocycles. The van der Waals surface area contributed by atoms with Gasteiger partial charge in [0.2, 0.25) is 0 Å². The number of aromatic nitrogens is 2. The molecule has 1 aromatic carbocycles. The Labute approximate surface area is 125 Å². The summed E-state index contributed by atoms with van der Waals surface area (Å²) in [5, 5.41) is 0. The third-order valence-electron chi connectivity index (χ3n) is 4.29. The predicted octanol–water partition coefficient (Wildman–Crippen LogP) is 2.00. The van der Waals surface area contributed by atoms with E-state index in [1.807, 2.05) is 6.07 Å². The number of benzene rings is 1. The van der Waals surface area contributed by atoms with Gasteiger partial charge in [0.25, 0.3) is 0 Å². The molecule has 5 nitrogen and oxygen atoms in total. The number of imidazole rings is 1. The molecule has 2 atom stereocenters. The molecule has 3 rings (SSSR count). The van der Waals surface area contributed by atoms with Crippen LogP contribution in [0.15, 0.2) is 24.3 Å². The van der Waals surface area contributed by atoms with Crippen LogP contribution in [0.3, 0.4) is 0 Å². The first-order valence-corrected chi connectivity index (χ1v) is 7.83. The molecular weight excluding hydrogens is 264 g/mol. The average molecular weight is 288 g/mol. The lowest BCUT2D eigenvalue weighted by molar-refractivity contribution is 0.0943. The van der Waals surface area contributed by atoms with Crippen LogP contribution in [0.2, 0.25) is 0 Å². The number of para-hydroxylation sites is 2. The summed E-state index contributed by atoms with van der Waals surface area (Å²) in [6.45, 7) is 3.96. The van der Waals surface area contributed by atoms with Crippen molar-refractivity contribution in [3.05, 3.63) is 30.1 Å². The first-order valence-electron chi connectivity index (χ1n) is 7.83. The fraction of sp³-hybridized carbons (Fsp3) is 0.562. The summed E-state index contributed by atoms with van der Waals surface area (Å²) in [5.74, 6) is 6.84. The molecule has 114 valence electrons. The van der Waals surface area contributed by atoms with Gasteiger partial charge in [-0.25, -0.2) is 4.98 Å². The molecular formula is C16H24N4O. The van der Waals surface area contributed by atoms with E-state index in [2.05, 4.69) is 35.1 Å². The number of fused-ring (bicyclic) bond motifs is 1. The third kappa shape index (κ3) is 3.10. The van der Waals surface area contributed by atoms with E-state index in [9.17, 15) is 0 Å². The van der Waals surface area contributed by atoms with Gasteiger partial charge < -0.3 is 9.30 Å². The number of rotatable bonds is 6. The van der Waals surface area contributed by atoms with Crippen molar-refractivity contribution in [1.82, 2.24) is 15.0 Å². The minimum Gasteiger partial charge on any atom is -0.378 e. The van der Waals surface area contributed by atoms with Crippen LogP contribution in [0.25, 0.3) is 11.0 Å². The standard InChI is InChI=1S/C16H24N4O/c1-2-20-15-8-4-3-7-14(15)18-16(20)11-12(19-17)10-13-6-5-9-21-13/h3-4,7-8,12-13,19H,2,5-6,9-11,17H2,1H3. The summed E-state index contributed by atoms with van der Waals surface area (Å²) in [5.41, 5.74) is 5.19. The molecule has 1 saturated heterocycles. The summed E-state index contributed by atoms with van der Waals surface area (Å²) in [6.07, 6.45) is 4.42. The summed E-state index contributed by atoms with van der Waals surface area (Å²) >= 11 is 0. The van der Waals surface area contributed by atoms with E-state index < -0.39 is 0 Å². The minimum atomic E-state index is 0.204. The summed E-state index contributed by atoms with van der Waals surface area (Å²) < 4.78 is 7.99. The van der Waals surface area contributed by atoms with Crippen molar-refractivity contribution >= 4 is 11.0 Å². The maximum atomic E-state index is 5.74. The van der Waals surface area contributed by atoms with Gasteiger partial charge >= 0.3 is 0 Å². The summed E-state index contributed by atoms with van der Waals surface area (Å²) in [7, 11) is 0. The fourth-order valence-electron chi connectivity index (χ4n) is 3.21. The predicted molar refractivity (Wildman–Crippen MR) is 83.8 cm³/mol. The van der Waals surface area contributed by atoms with Crippen LogP contribution in [0.4, 0.5) is 0 Å².